The molecule has 2 aromatic heterocycles. The molecule has 4 unspecified atom stereocenters. The first kappa shape index (κ1) is 99.7. The van der Waals surface area contributed by atoms with Crippen molar-refractivity contribution in [3.05, 3.63) is 119 Å². The summed E-state index contributed by atoms with van der Waals surface area (Å²) in [6.07, 6.45) is 4.36. The quantitative estimate of drug-likeness (QED) is 0.0301. The van der Waals surface area contributed by atoms with Gasteiger partial charge in [-0.3, -0.25) is 71.9 Å². The summed E-state index contributed by atoms with van der Waals surface area (Å²) in [4.78, 5) is 229. The highest BCUT2D eigenvalue weighted by Crippen LogP contribution is 2.48. The molecule has 40 heteroatoms. The number of aliphatic carboxylic acids is 1. The van der Waals surface area contributed by atoms with Crippen molar-refractivity contribution < 1.29 is 96.0 Å². The lowest BCUT2D eigenvalue weighted by molar-refractivity contribution is -0.144. The first-order valence-electron chi connectivity index (χ1n) is 43.3. The third kappa shape index (κ3) is 29.7. The van der Waals surface area contributed by atoms with Crippen LogP contribution in [-0.4, -0.2) is 253 Å². The molecular formula is C87H120F2N18O18S2. The summed E-state index contributed by atoms with van der Waals surface area (Å²) in [5.41, 5.74) is 20.6. The van der Waals surface area contributed by atoms with Crippen LogP contribution in [0.2, 0.25) is 0 Å². The fraction of sp³-hybridized carbons (Fsp3) is 0.563. The summed E-state index contributed by atoms with van der Waals surface area (Å²) in [5, 5.41) is 58.2. The highest BCUT2D eigenvalue weighted by molar-refractivity contribution is 7.98. The van der Waals surface area contributed by atoms with E-state index < -0.39 is 211 Å². The number of carbonyl (C=O) groups excluding carboxylic acids is 14. The number of nitrogens with two attached hydrogens (primary N) is 3. The van der Waals surface area contributed by atoms with Crippen molar-refractivity contribution in [1.82, 2.24) is 77.9 Å². The Kier molecular flexibility index (Phi) is 38.7. The first-order chi connectivity index (χ1) is 60.8. The molecule has 9 rings (SSSR count). The largest absolute Gasteiger partial charge is 0.508 e. The van der Waals surface area contributed by atoms with Gasteiger partial charge < -0.3 is 105 Å². The van der Waals surface area contributed by atoms with Crippen molar-refractivity contribution in [3.63, 3.8) is 0 Å². The molecule has 2 bridgehead atoms. The zero-order valence-electron chi connectivity index (χ0n) is 71.6. The number of aromatic nitrogens is 3. The number of halogens is 2. The monoisotopic (exact) mass is 1810 g/mol. The Morgan fingerprint density at radius 1 is 0.701 bits per heavy atom. The maximum absolute atomic E-state index is 15.5. The van der Waals surface area contributed by atoms with E-state index >= 15 is 37.5 Å². The van der Waals surface area contributed by atoms with E-state index in [9.17, 15) is 58.5 Å². The van der Waals surface area contributed by atoms with Crippen molar-refractivity contribution in [2.45, 2.75) is 233 Å². The zero-order valence-corrected chi connectivity index (χ0v) is 73.3. The maximum atomic E-state index is 15.5. The molecule has 2 aliphatic heterocycles. The third-order valence-corrected chi connectivity index (χ3v) is 26.0. The molecule has 2 saturated carbocycles. The number of fused-ring (bicyclic) bond motifs is 5. The predicted octanol–water partition coefficient (Wildman–Crippen LogP) is 1.40. The number of benzene rings is 3. The number of phenols is 1. The number of unbranched alkanes of at least 4 members (excludes halogenated alkanes) is 2. The van der Waals surface area contributed by atoms with Gasteiger partial charge in [0.2, 0.25) is 76.8 Å². The predicted molar refractivity (Wildman–Crippen MR) is 468 cm³/mol. The van der Waals surface area contributed by atoms with Gasteiger partial charge in [0.1, 0.15) is 78.2 Å². The number of H-pyrrole nitrogens is 2. The summed E-state index contributed by atoms with van der Waals surface area (Å²) in [6, 6.07) is -0.0484. The summed E-state index contributed by atoms with van der Waals surface area (Å²) >= 11 is 2.48. The van der Waals surface area contributed by atoms with E-state index in [1.807, 2.05) is 12.1 Å². The van der Waals surface area contributed by atoms with Gasteiger partial charge in [-0.15, -0.1) is 0 Å². The molecule has 1 saturated heterocycles. The van der Waals surface area contributed by atoms with Gasteiger partial charge in [0.05, 0.1) is 43.6 Å². The number of aromatic amines is 2. The number of ketones is 1. The third-order valence-electron chi connectivity index (χ3n) is 23.7. The number of carboxylic acid groups (broad SMARTS) is 1. The molecule has 4 heterocycles. The molecule has 3 fully saturated rings. The number of imidazole rings is 1. The van der Waals surface area contributed by atoms with Crippen LogP contribution in [0.15, 0.2) is 85.5 Å². The van der Waals surface area contributed by atoms with Crippen molar-refractivity contribution in [2.75, 3.05) is 51.3 Å². The van der Waals surface area contributed by atoms with E-state index in [-0.39, 0.29) is 141 Å². The number of nitrogens with zero attached hydrogens (tertiary/aromatic N) is 3. The van der Waals surface area contributed by atoms with Gasteiger partial charge >= 0.3 is 5.97 Å². The number of aliphatic hydroxyl groups excluding tert-OH is 1. The summed E-state index contributed by atoms with van der Waals surface area (Å²) in [6.45, 7) is 1.56. The molecule has 0 radical (unpaired) electrons. The standard InChI is InChI=1S/C87H120F2N18O18S2/c1-4-11-65(97-48(2)109)86(124)106(3)73(42-108)85(123)100-64(15-6-8-28-91)79(117)105-71-46-127-44-51-13-9-12-50(30-51)43-126-45-55(77(92)115)34-74(111)72-16-10-29-107(72)87(125)70(31-49-17-24-59(110)25-18-49)104-82(120)68(37-58-40-93-47-96-58)102-83(121)69(38-76(113)114)103-81(119)67(32-53-20-19-52-21-22-56(88)35-60(52)53)101-80(118)66(33-54-39-94-62-26-23-57(89)36-61(54)62)98-75(112)41-95-78(116)63(99-84(71)122)14-5-7-27-90/h9,12-13,17-18,23-26,30,36,39-40,47,52-53,55-56,60,63-73,94,108,110H,4-8,10-11,14-16,19-22,27-29,31-35,37-38,41-46,90-91H2,1-3H3,(H2,92,115)(H,93,96)(H,95,116)(H,97,109)(H,98,112)(H,99,122)(H,100,123)(H,101,118)(H,102,121)(H,103,119)(H,104,120)(H,105,117)(H,113,114)/t52?,53?,55-,56?,60?,63-,64-,65-,66-,67-,68-,69-,70-,71-,72-,73-/m0/s1. The molecule has 16 atom stereocenters. The molecular weight excluding hydrogens is 1690 g/mol. The first-order valence-corrected chi connectivity index (χ1v) is 45.6. The number of primary amides is 1. The number of aliphatic hydroxyl groups is 1. The normalized spacial score (nSPS) is 24.6. The molecule has 5 aromatic rings. The van der Waals surface area contributed by atoms with Crippen LogP contribution in [0.1, 0.15) is 157 Å². The Balaban J connectivity index is 1.08. The number of thioether (sulfide) groups is 2. The van der Waals surface area contributed by atoms with Crippen LogP contribution in [0.4, 0.5) is 8.78 Å². The van der Waals surface area contributed by atoms with Gasteiger partial charge in [-0.2, -0.15) is 23.5 Å². The van der Waals surface area contributed by atoms with Crippen LogP contribution in [0, 0.1) is 29.5 Å². The minimum Gasteiger partial charge on any atom is -0.508 e. The fourth-order valence-corrected chi connectivity index (χ4v) is 19.1. The van der Waals surface area contributed by atoms with Crippen molar-refractivity contribution in [1.29, 1.82) is 0 Å². The summed E-state index contributed by atoms with van der Waals surface area (Å²) < 4.78 is 30.6. The number of alkyl halides is 1. The molecule has 0 spiro atoms. The van der Waals surface area contributed by atoms with Crippen LogP contribution < -0.4 is 70.4 Å². The Labute approximate surface area is 743 Å². The number of carboxylic acids is 1. The lowest BCUT2D eigenvalue weighted by Gasteiger charge is -2.33. The highest BCUT2D eigenvalue weighted by atomic mass is 32.2. The van der Waals surface area contributed by atoms with E-state index in [0.717, 1.165) is 16.0 Å². The second kappa shape index (κ2) is 49.3. The number of hydrogen-bond acceptors (Lipinski definition) is 22. The van der Waals surface area contributed by atoms with E-state index in [4.69, 9.17) is 17.2 Å². The van der Waals surface area contributed by atoms with Gasteiger partial charge in [-0.25, -0.2) is 13.8 Å². The number of aromatic hydroxyl groups is 1. The average molecular weight is 1810 g/mol. The van der Waals surface area contributed by atoms with E-state index in [1.54, 1.807) is 19.1 Å². The van der Waals surface area contributed by atoms with Crippen molar-refractivity contribution >= 4 is 123 Å². The number of hydrogen-bond donors (Lipinski definition) is 18. The van der Waals surface area contributed by atoms with Crippen LogP contribution in [0.25, 0.3) is 10.9 Å². The van der Waals surface area contributed by atoms with Crippen LogP contribution >= 0.6 is 23.5 Å². The Bertz CT molecular complexity index is 4650. The molecule has 2 aliphatic carbocycles. The van der Waals surface area contributed by atoms with Gasteiger partial charge in [0.25, 0.3) is 0 Å². The Morgan fingerprint density at radius 2 is 1.36 bits per heavy atom. The highest BCUT2D eigenvalue weighted by Gasteiger charge is 2.45. The smallest absolute Gasteiger partial charge is 0.305 e. The number of phenolic OH excluding ortho intramolecular Hbond substituents is 1. The lowest BCUT2D eigenvalue weighted by Crippen LogP contribution is -2.61. The Hall–Kier alpha value is -11.1. The number of carbonyl (C=O) groups is 15. The average Bonchev–Trinajstić information content (AvgIpc) is 1.71. The van der Waals surface area contributed by atoms with Gasteiger partial charge in [-0.05, 0) is 180 Å². The van der Waals surface area contributed by atoms with Crippen LogP contribution in [-0.2, 0) is 103 Å². The Morgan fingerprint density at radius 3 is 2.04 bits per heavy atom. The van der Waals surface area contributed by atoms with Crippen molar-refractivity contribution in [2.24, 2.45) is 40.9 Å². The number of nitrogens with one attached hydrogen (secondary N) is 12. The second-order valence-electron chi connectivity index (χ2n) is 33.2. The van der Waals surface area contributed by atoms with Crippen molar-refractivity contribution in [3.8, 4) is 5.75 Å². The minimum absolute atomic E-state index is 0.0265. The SMILES string of the molecule is CCC[C@H](NC(C)=O)C(=O)N(C)[C@@H](CO)C(=O)N[C@@H](CCCCN)C(=O)N[C@H]1CSCc2cccc(c2)CSC[C@@H](C(N)=O)CC(=O)[C@@H]2CCCN2C(=O)[C@H](Cc2ccc(O)cc2)NC(=O)[C@H](Cc2c[nH]cn2)NC(=O)[C@H](CC(=O)O)NC(=O)[C@H](CC2CCC3CCC(F)CC32)NC(=O)[C@H](Cc2c[nH]c3ccc(F)cc23)NC(=O)CNC(=O)[C@H](CCCCN)NC1=O. The van der Waals surface area contributed by atoms with Gasteiger partial charge in [0, 0.05) is 92.5 Å². The zero-order chi connectivity index (χ0) is 92.0. The fourth-order valence-electron chi connectivity index (χ4n) is 17.0. The summed E-state index contributed by atoms with van der Waals surface area (Å²) in [5.74, 6) is -16.3. The molecule has 692 valence electrons. The molecule has 127 heavy (non-hydrogen) atoms. The maximum Gasteiger partial charge on any atom is 0.305 e. The minimum atomic E-state index is -2.04. The van der Waals surface area contributed by atoms with E-state index in [0.29, 0.717) is 62.4 Å². The molecule has 3 aromatic carbocycles. The van der Waals surface area contributed by atoms with Crippen LogP contribution in [0.3, 0.4) is 0 Å². The summed E-state index contributed by atoms with van der Waals surface area (Å²) in [7, 11) is 1.26. The molecule has 36 nitrogen and oxygen atoms in total. The van der Waals surface area contributed by atoms with Gasteiger partial charge in [0.15, 0.2) is 5.78 Å². The molecule has 21 N–H and O–H groups in total. The topological polar surface area (TPSA) is 566 Å². The van der Waals surface area contributed by atoms with E-state index in [1.165, 1.54) is 104 Å². The second-order valence-corrected chi connectivity index (χ2v) is 35.2. The molecule has 4 aliphatic rings. The van der Waals surface area contributed by atoms with Gasteiger partial charge in [-0.1, -0.05) is 49.7 Å². The lowest BCUT2D eigenvalue weighted by atomic mass is 9.75. The number of rotatable bonds is 29. The molecule has 13 amide bonds. The van der Waals surface area contributed by atoms with E-state index in [2.05, 4.69) is 68.1 Å². The number of likely N-dealkylation sites (N-methyl/N-ethyl adjacent to an activating group) is 1. The van der Waals surface area contributed by atoms with Crippen LogP contribution in [0.5, 0.6) is 5.75 Å². The number of Topliss-reactive ketones (excluding diaryl/α,β-unsaturated/α-hetero) is 1. The number of amides is 13.